The highest BCUT2D eigenvalue weighted by Gasteiger charge is 2.37. The summed E-state index contributed by atoms with van der Waals surface area (Å²) in [5, 5.41) is 2.57. The van der Waals surface area contributed by atoms with E-state index >= 15 is 0 Å². The molecule has 1 aliphatic heterocycles. The fourth-order valence-corrected chi connectivity index (χ4v) is 3.62. The molecule has 2 rings (SSSR count). The summed E-state index contributed by atoms with van der Waals surface area (Å²) < 4.78 is 44.1. The van der Waals surface area contributed by atoms with Gasteiger partial charge in [-0.05, 0) is 24.3 Å². The fourth-order valence-electron chi connectivity index (χ4n) is 2.23. The van der Waals surface area contributed by atoms with Gasteiger partial charge in [-0.3, -0.25) is 4.79 Å². The third kappa shape index (κ3) is 3.71. The number of alkyl halides is 3. The number of rotatable bonds is 4. The molecule has 21 heavy (non-hydrogen) atoms. The maximum Gasteiger partial charge on any atom is 0.417 e. The van der Waals surface area contributed by atoms with Crippen LogP contribution in [-0.2, 0) is 10.9 Å². The lowest BCUT2D eigenvalue weighted by Gasteiger charge is -2.27. The summed E-state index contributed by atoms with van der Waals surface area (Å²) in [6.07, 6.45) is -3.77. The highest BCUT2D eigenvalue weighted by Crippen LogP contribution is 2.32. The molecule has 0 saturated carbocycles. The molecular weight excluding hydrogens is 303 g/mol. The molecule has 1 N–H and O–H groups in total. The van der Waals surface area contributed by atoms with Crippen LogP contribution in [0, 0.1) is 0 Å². The minimum atomic E-state index is -4.55. The highest BCUT2D eigenvalue weighted by molar-refractivity contribution is 7.99. The first-order chi connectivity index (χ1) is 9.88. The number of carbonyl (C=O) groups excluding carboxylic acids is 1. The van der Waals surface area contributed by atoms with Crippen molar-refractivity contribution in [3.8, 4) is 0 Å². The molecule has 1 amide bonds. The van der Waals surface area contributed by atoms with Crippen LogP contribution in [0.1, 0.15) is 22.3 Å². The number of methoxy groups -OCH3 is 1. The first kappa shape index (κ1) is 16.2. The standard InChI is InChI=1S/C14H16F3NO2S/c1-20-13(6-7-21-9-13)8-18-12(19)10-4-2-3-5-11(10)14(15,16)17/h2-5H,6-9H2,1H3,(H,18,19)/t13-/m0/s1. The zero-order chi connectivity index (χ0) is 15.5. The Bertz CT molecular complexity index is 513. The zero-order valence-electron chi connectivity index (χ0n) is 11.5. The van der Waals surface area contributed by atoms with E-state index in [-0.39, 0.29) is 12.1 Å². The van der Waals surface area contributed by atoms with Crippen molar-refractivity contribution in [2.24, 2.45) is 0 Å². The second kappa shape index (κ2) is 6.27. The van der Waals surface area contributed by atoms with Crippen LogP contribution in [0.4, 0.5) is 13.2 Å². The van der Waals surface area contributed by atoms with Crippen LogP contribution in [-0.4, -0.2) is 36.7 Å². The minimum absolute atomic E-state index is 0.210. The number of hydrogen-bond acceptors (Lipinski definition) is 3. The maximum atomic E-state index is 12.9. The zero-order valence-corrected chi connectivity index (χ0v) is 12.3. The molecule has 3 nitrogen and oxygen atoms in total. The second-order valence-corrected chi connectivity index (χ2v) is 6.02. The SMILES string of the molecule is CO[C@]1(CNC(=O)c2ccccc2C(F)(F)F)CCSC1. The van der Waals surface area contributed by atoms with Gasteiger partial charge in [-0.1, -0.05) is 12.1 Å². The Morgan fingerprint density at radius 3 is 2.71 bits per heavy atom. The van der Waals surface area contributed by atoms with Crippen molar-refractivity contribution in [1.29, 1.82) is 0 Å². The fraction of sp³-hybridized carbons (Fsp3) is 0.500. The lowest BCUT2D eigenvalue weighted by Crippen LogP contribution is -2.44. The van der Waals surface area contributed by atoms with E-state index in [2.05, 4.69) is 5.32 Å². The second-order valence-electron chi connectivity index (χ2n) is 4.92. The van der Waals surface area contributed by atoms with Crippen molar-refractivity contribution >= 4 is 17.7 Å². The molecule has 1 fully saturated rings. The van der Waals surface area contributed by atoms with E-state index in [0.29, 0.717) is 0 Å². The van der Waals surface area contributed by atoms with Crippen LogP contribution in [0.2, 0.25) is 0 Å². The monoisotopic (exact) mass is 319 g/mol. The van der Waals surface area contributed by atoms with Crippen LogP contribution in [0.5, 0.6) is 0 Å². The van der Waals surface area contributed by atoms with Gasteiger partial charge in [0.1, 0.15) is 0 Å². The average Bonchev–Trinajstić information content (AvgIpc) is 2.93. The van der Waals surface area contributed by atoms with Crippen molar-refractivity contribution < 1.29 is 22.7 Å². The van der Waals surface area contributed by atoms with E-state index in [1.54, 1.807) is 18.9 Å². The molecule has 1 aromatic rings. The predicted molar refractivity (Wildman–Crippen MR) is 75.5 cm³/mol. The van der Waals surface area contributed by atoms with Crippen molar-refractivity contribution in [1.82, 2.24) is 5.32 Å². The Labute approximate surface area is 125 Å². The topological polar surface area (TPSA) is 38.3 Å². The van der Waals surface area contributed by atoms with Gasteiger partial charge < -0.3 is 10.1 Å². The third-order valence-corrected chi connectivity index (χ3v) is 4.77. The minimum Gasteiger partial charge on any atom is -0.376 e. The summed E-state index contributed by atoms with van der Waals surface area (Å²) in [6, 6.07) is 4.78. The van der Waals surface area contributed by atoms with Gasteiger partial charge in [-0.15, -0.1) is 0 Å². The molecule has 0 aromatic heterocycles. The van der Waals surface area contributed by atoms with Crippen molar-refractivity contribution in [3.05, 3.63) is 35.4 Å². The number of hydrogen-bond donors (Lipinski definition) is 1. The molecule has 0 unspecified atom stereocenters. The third-order valence-electron chi connectivity index (χ3n) is 3.55. The molecule has 1 aromatic carbocycles. The first-order valence-electron chi connectivity index (χ1n) is 6.45. The van der Waals surface area contributed by atoms with E-state index in [4.69, 9.17) is 4.74 Å². The van der Waals surface area contributed by atoms with E-state index in [1.807, 2.05) is 0 Å². The van der Waals surface area contributed by atoms with Crippen molar-refractivity contribution in [2.75, 3.05) is 25.2 Å². The summed E-state index contributed by atoms with van der Waals surface area (Å²) >= 11 is 1.70. The van der Waals surface area contributed by atoms with Crippen LogP contribution in [0.25, 0.3) is 0 Å². The molecule has 116 valence electrons. The van der Waals surface area contributed by atoms with Gasteiger partial charge in [0.05, 0.1) is 16.7 Å². The van der Waals surface area contributed by atoms with E-state index in [9.17, 15) is 18.0 Å². The molecule has 0 spiro atoms. The van der Waals surface area contributed by atoms with Crippen molar-refractivity contribution in [3.63, 3.8) is 0 Å². The smallest absolute Gasteiger partial charge is 0.376 e. The molecule has 1 saturated heterocycles. The Morgan fingerprint density at radius 1 is 1.43 bits per heavy atom. The Hall–Kier alpha value is -1.21. The molecular formula is C14H16F3NO2S. The normalized spacial score (nSPS) is 22.3. The number of carbonyl (C=O) groups is 1. The van der Waals surface area contributed by atoms with Gasteiger partial charge in [0.25, 0.3) is 5.91 Å². The summed E-state index contributed by atoms with van der Waals surface area (Å²) in [4.78, 5) is 12.1. The molecule has 0 aliphatic carbocycles. The van der Waals surface area contributed by atoms with E-state index < -0.39 is 23.2 Å². The van der Waals surface area contributed by atoms with Gasteiger partial charge in [-0.25, -0.2) is 0 Å². The van der Waals surface area contributed by atoms with E-state index in [0.717, 1.165) is 24.0 Å². The summed E-state index contributed by atoms with van der Waals surface area (Å²) in [5.74, 6) is 0.921. The van der Waals surface area contributed by atoms with Gasteiger partial charge in [-0.2, -0.15) is 24.9 Å². The Morgan fingerprint density at radius 2 is 2.14 bits per heavy atom. The summed E-state index contributed by atoms with van der Waals surface area (Å²) in [5.41, 5.74) is -1.76. The lowest BCUT2D eigenvalue weighted by atomic mass is 10.0. The summed E-state index contributed by atoms with van der Waals surface area (Å²) in [7, 11) is 1.56. The van der Waals surface area contributed by atoms with Crippen LogP contribution in [0.15, 0.2) is 24.3 Å². The largest absolute Gasteiger partial charge is 0.417 e. The number of amides is 1. The van der Waals surface area contributed by atoms with Gasteiger partial charge >= 0.3 is 6.18 Å². The summed E-state index contributed by atoms with van der Waals surface area (Å²) in [6.45, 7) is 0.210. The number of nitrogens with one attached hydrogen (secondary N) is 1. The molecule has 0 radical (unpaired) electrons. The van der Waals surface area contributed by atoms with E-state index in [1.165, 1.54) is 18.2 Å². The Balaban J connectivity index is 2.11. The average molecular weight is 319 g/mol. The quantitative estimate of drug-likeness (QED) is 0.927. The molecule has 7 heteroatoms. The first-order valence-corrected chi connectivity index (χ1v) is 7.61. The number of halogens is 3. The molecule has 1 atom stereocenters. The number of ether oxygens (including phenoxy) is 1. The predicted octanol–water partition coefficient (Wildman–Crippen LogP) is 2.96. The van der Waals surface area contributed by atoms with Crippen LogP contribution in [0.3, 0.4) is 0 Å². The van der Waals surface area contributed by atoms with Gasteiger partial charge in [0.2, 0.25) is 0 Å². The van der Waals surface area contributed by atoms with Gasteiger partial charge in [0.15, 0.2) is 0 Å². The molecule has 1 heterocycles. The van der Waals surface area contributed by atoms with Crippen LogP contribution < -0.4 is 5.32 Å². The lowest BCUT2D eigenvalue weighted by molar-refractivity contribution is -0.137. The number of thioether (sulfide) groups is 1. The van der Waals surface area contributed by atoms with Gasteiger partial charge in [0, 0.05) is 19.4 Å². The Kier molecular flexibility index (Phi) is 4.83. The van der Waals surface area contributed by atoms with Crippen molar-refractivity contribution in [2.45, 2.75) is 18.2 Å². The highest BCUT2D eigenvalue weighted by atomic mass is 32.2. The van der Waals surface area contributed by atoms with Crippen LogP contribution >= 0.6 is 11.8 Å². The maximum absolute atomic E-state index is 12.9. The molecule has 0 bridgehead atoms. The number of benzene rings is 1. The molecule has 1 aliphatic rings.